The van der Waals surface area contributed by atoms with Crippen LogP contribution in [0.5, 0.6) is 0 Å². The second-order valence-corrected chi connectivity index (χ2v) is 4.50. The van der Waals surface area contributed by atoms with Crippen LogP contribution in [-0.2, 0) is 11.3 Å². The number of amides is 1. The molecule has 0 N–H and O–H groups in total. The molecule has 2 nitrogen and oxygen atoms in total. The van der Waals surface area contributed by atoms with E-state index in [1.165, 1.54) is 5.56 Å². The van der Waals surface area contributed by atoms with Gasteiger partial charge in [-0.05, 0) is 17.9 Å². The van der Waals surface area contributed by atoms with E-state index < -0.39 is 0 Å². The maximum Gasteiger partial charge on any atom is 0.226 e. The number of benzene rings is 1. The Kier molecular flexibility index (Phi) is 2.76. The molecule has 2 atom stereocenters. The lowest BCUT2D eigenvalue weighted by Crippen LogP contribution is -2.27. The minimum absolute atomic E-state index is 0.290. The smallest absolute Gasteiger partial charge is 0.226 e. The minimum Gasteiger partial charge on any atom is -0.341 e. The molecule has 0 heterocycles. The van der Waals surface area contributed by atoms with E-state index >= 15 is 0 Å². The lowest BCUT2D eigenvalue weighted by Gasteiger charge is -2.17. The fourth-order valence-corrected chi connectivity index (χ4v) is 1.88. The highest BCUT2D eigenvalue weighted by Crippen LogP contribution is 2.39. The molecule has 1 aliphatic rings. The van der Waals surface area contributed by atoms with Crippen LogP contribution in [0.2, 0.25) is 0 Å². The highest BCUT2D eigenvalue weighted by molar-refractivity contribution is 5.81. The summed E-state index contributed by atoms with van der Waals surface area (Å²) in [6, 6.07) is 10.1. The molecule has 2 rings (SSSR count). The molecule has 0 bridgehead atoms. The molecule has 2 unspecified atom stereocenters. The average molecular weight is 203 g/mol. The Morgan fingerprint density at radius 1 is 1.40 bits per heavy atom. The third-order valence-electron chi connectivity index (χ3n) is 3.07. The molecule has 1 amide bonds. The van der Waals surface area contributed by atoms with Crippen LogP contribution in [0.4, 0.5) is 0 Å². The van der Waals surface area contributed by atoms with Gasteiger partial charge in [0.25, 0.3) is 0 Å². The summed E-state index contributed by atoms with van der Waals surface area (Å²) in [5.41, 5.74) is 1.20. The van der Waals surface area contributed by atoms with Crippen molar-refractivity contribution in [1.82, 2.24) is 4.90 Å². The molecule has 1 aromatic rings. The second-order valence-electron chi connectivity index (χ2n) is 4.50. The van der Waals surface area contributed by atoms with Gasteiger partial charge in [0, 0.05) is 19.5 Å². The molecular weight excluding hydrogens is 186 g/mol. The van der Waals surface area contributed by atoms with Gasteiger partial charge >= 0.3 is 0 Å². The summed E-state index contributed by atoms with van der Waals surface area (Å²) in [5.74, 6) is 1.18. The van der Waals surface area contributed by atoms with Gasteiger partial charge in [-0.2, -0.15) is 0 Å². The molecule has 15 heavy (non-hydrogen) atoms. The Morgan fingerprint density at radius 3 is 2.53 bits per heavy atom. The summed E-state index contributed by atoms with van der Waals surface area (Å²) < 4.78 is 0. The van der Waals surface area contributed by atoms with Gasteiger partial charge < -0.3 is 4.90 Å². The van der Waals surface area contributed by atoms with Gasteiger partial charge in [-0.3, -0.25) is 4.79 Å². The molecule has 1 saturated carbocycles. The predicted molar refractivity (Wildman–Crippen MR) is 60.2 cm³/mol. The molecule has 0 radical (unpaired) electrons. The monoisotopic (exact) mass is 203 g/mol. The molecule has 0 saturated heterocycles. The zero-order chi connectivity index (χ0) is 10.8. The van der Waals surface area contributed by atoms with Crippen LogP contribution in [-0.4, -0.2) is 17.9 Å². The predicted octanol–water partition coefficient (Wildman–Crippen LogP) is 2.30. The van der Waals surface area contributed by atoms with Gasteiger partial charge in [-0.15, -0.1) is 0 Å². The number of hydrogen-bond donors (Lipinski definition) is 0. The molecule has 80 valence electrons. The topological polar surface area (TPSA) is 20.3 Å². The van der Waals surface area contributed by atoms with Gasteiger partial charge in [0.05, 0.1) is 0 Å². The molecule has 2 heteroatoms. The Morgan fingerprint density at radius 2 is 2.00 bits per heavy atom. The van der Waals surface area contributed by atoms with Crippen molar-refractivity contribution >= 4 is 5.91 Å². The summed E-state index contributed by atoms with van der Waals surface area (Å²) in [6.07, 6.45) is 1.07. The Balaban J connectivity index is 1.92. The van der Waals surface area contributed by atoms with E-state index in [1.54, 1.807) is 0 Å². The van der Waals surface area contributed by atoms with Gasteiger partial charge in [0.1, 0.15) is 0 Å². The highest BCUT2D eigenvalue weighted by Gasteiger charge is 2.40. The quantitative estimate of drug-likeness (QED) is 0.738. The van der Waals surface area contributed by atoms with Crippen LogP contribution < -0.4 is 0 Å². The standard InChI is InChI=1S/C13H17NO/c1-10-8-12(10)13(15)14(2)9-11-6-4-3-5-7-11/h3-7,10,12H,8-9H2,1-2H3. The number of rotatable bonds is 3. The third kappa shape index (κ3) is 2.38. The number of carbonyl (C=O) groups excluding carboxylic acids is 1. The summed E-state index contributed by atoms with van der Waals surface area (Å²) in [6.45, 7) is 2.86. The van der Waals surface area contributed by atoms with Crippen LogP contribution in [0.3, 0.4) is 0 Å². The summed E-state index contributed by atoms with van der Waals surface area (Å²) in [5, 5.41) is 0. The van der Waals surface area contributed by atoms with Gasteiger partial charge in [0.2, 0.25) is 5.91 Å². The van der Waals surface area contributed by atoms with Crippen LogP contribution in [0.1, 0.15) is 18.9 Å². The average Bonchev–Trinajstić information content (AvgIpc) is 2.96. The van der Waals surface area contributed by atoms with Crippen LogP contribution >= 0.6 is 0 Å². The van der Waals surface area contributed by atoms with Crippen molar-refractivity contribution in [3.05, 3.63) is 35.9 Å². The first-order valence-corrected chi connectivity index (χ1v) is 5.47. The summed E-state index contributed by atoms with van der Waals surface area (Å²) >= 11 is 0. The SMILES string of the molecule is CC1CC1C(=O)N(C)Cc1ccccc1. The molecule has 0 aromatic heterocycles. The first-order chi connectivity index (χ1) is 7.18. The number of carbonyl (C=O) groups is 1. The summed E-state index contributed by atoms with van der Waals surface area (Å²) in [4.78, 5) is 13.7. The Bertz CT molecular complexity index is 347. The van der Waals surface area contributed by atoms with Crippen molar-refractivity contribution in [1.29, 1.82) is 0 Å². The maximum absolute atomic E-state index is 11.8. The van der Waals surface area contributed by atoms with Gasteiger partial charge in [0.15, 0.2) is 0 Å². The second kappa shape index (κ2) is 4.05. The Labute approximate surface area is 90.9 Å². The fraction of sp³-hybridized carbons (Fsp3) is 0.462. The van der Waals surface area contributed by atoms with Gasteiger partial charge in [-0.1, -0.05) is 37.3 Å². The van der Waals surface area contributed by atoms with E-state index in [0.717, 1.165) is 13.0 Å². The van der Waals surface area contributed by atoms with Crippen LogP contribution in [0, 0.1) is 11.8 Å². The Hall–Kier alpha value is -1.31. The normalized spacial score (nSPS) is 23.6. The highest BCUT2D eigenvalue weighted by atomic mass is 16.2. The minimum atomic E-state index is 0.290. The van der Waals surface area contributed by atoms with Gasteiger partial charge in [-0.25, -0.2) is 0 Å². The van der Waals surface area contributed by atoms with Crippen molar-refractivity contribution in [2.45, 2.75) is 19.9 Å². The molecule has 1 aliphatic carbocycles. The lowest BCUT2D eigenvalue weighted by molar-refractivity contribution is -0.132. The maximum atomic E-state index is 11.8. The molecule has 0 spiro atoms. The molecule has 1 fully saturated rings. The first kappa shape index (κ1) is 10.2. The lowest BCUT2D eigenvalue weighted by atomic mass is 10.2. The van der Waals surface area contributed by atoms with E-state index in [2.05, 4.69) is 19.1 Å². The fourth-order valence-electron chi connectivity index (χ4n) is 1.88. The van der Waals surface area contributed by atoms with Crippen LogP contribution in [0.25, 0.3) is 0 Å². The molecule has 1 aromatic carbocycles. The number of hydrogen-bond acceptors (Lipinski definition) is 1. The van der Waals surface area contributed by atoms with E-state index in [0.29, 0.717) is 17.7 Å². The van der Waals surface area contributed by atoms with E-state index in [-0.39, 0.29) is 0 Å². The summed E-state index contributed by atoms with van der Waals surface area (Å²) in [7, 11) is 1.89. The van der Waals surface area contributed by atoms with E-state index in [4.69, 9.17) is 0 Å². The largest absolute Gasteiger partial charge is 0.341 e. The van der Waals surface area contributed by atoms with Crippen LogP contribution in [0.15, 0.2) is 30.3 Å². The third-order valence-corrected chi connectivity index (χ3v) is 3.07. The number of nitrogens with zero attached hydrogens (tertiary/aromatic N) is 1. The zero-order valence-corrected chi connectivity index (χ0v) is 9.31. The van der Waals surface area contributed by atoms with E-state index in [1.807, 2.05) is 30.1 Å². The van der Waals surface area contributed by atoms with Crippen molar-refractivity contribution in [2.75, 3.05) is 7.05 Å². The van der Waals surface area contributed by atoms with E-state index in [9.17, 15) is 4.79 Å². The van der Waals surface area contributed by atoms with Crippen molar-refractivity contribution in [3.63, 3.8) is 0 Å². The molecular formula is C13H17NO. The van der Waals surface area contributed by atoms with Crippen molar-refractivity contribution < 1.29 is 4.79 Å². The zero-order valence-electron chi connectivity index (χ0n) is 9.31. The molecule has 0 aliphatic heterocycles. The first-order valence-electron chi connectivity index (χ1n) is 5.47. The van der Waals surface area contributed by atoms with Crippen molar-refractivity contribution in [3.8, 4) is 0 Å². The van der Waals surface area contributed by atoms with Crippen molar-refractivity contribution in [2.24, 2.45) is 11.8 Å².